The molecular formula is C14H17ClN2O2. The number of hydrogen-bond donors (Lipinski definition) is 1. The number of nitrogens with zero attached hydrogens (tertiary/aromatic N) is 1. The Bertz CT molecular complexity index is 450. The summed E-state index contributed by atoms with van der Waals surface area (Å²) < 4.78 is 0. The van der Waals surface area contributed by atoms with Crippen LogP contribution in [0.2, 0.25) is 0 Å². The van der Waals surface area contributed by atoms with E-state index in [4.69, 9.17) is 11.6 Å². The van der Waals surface area contributed by atoms with Gasteiger partial charge in [0, 0.05) is 31.0 Å². The second kappa shape index (κ2) is 6.57. The van der Waals surface area contributed by atoms with Crippen LogP contribution in [0.3, 0.4) is 0 Å². The molecule has 0 radical (unpaired) electrons. The molecule has 0 spiro atoms. The lowest BCUT2D eigenvalue weighted by molar-refractivity contribution is -0.121. The quantitative estimate of drug-likeness (QED) is 0.838. The van der Waals surface area contributed by atoms with E-state index in [9.17, 15) is 9.59 Å². The van der Waals surface area contributed by atoms with Crippen molar-refractivity contribution in [3.05, 3.63) is 30.3 Å². The highest BCUT2D eigenvalue weighted by molar-refractivity contribution is 6.17. The standard InChI is InChI=1S/C14H17ClN2O2/c15-8-4-7-13(18)16-11-9-14(19)17(10-11)12-5-2-1-3-6-12/h1-3,5-6,11H,4,7-10H2,(H,16,18)/t11-/m0/s1. The smallest absolute Gasteiger partial charge is 0.229 e. The Hall–Kier alpha value is -1.55. The largest absolute Gasteiger partial charge is 0.351 e. The third-order valence-electron chi connectivity index (χ3n) is 3.10. The Labute approximate surface area is 117 Å². The van der Waals surface area contributed by atoms with Gasteiger partial charge < -0.3 is 10.2 Å². The number of carbonyl (C=O) groups is 2. The first-order valence-electron chi connectivity index (χ1n) is 6.41. The van der Waals surface area contributed by atoms with Crippen molar-refractivity contribution in [3.63, 3.8) is 0 Å². The predicted molar refractivity (Wildman–Crippen MR) is 75.3 cm³/mol. The van der Waals surface area contributed by atoms with Gasteiger partial charge in [0.25, 0.3) is 0 Å². The van der Waals surface area contributed by atoms with Crippen LogP contribution in [0.4, 0.5) is 5.69 Å². The van der Waals surface area contributed by atoms with Gasteiger partial charge in [0.05, 0.1) is 6.04 Å². The van der Waals surface area contributed by atoms with Gasteiger partial charge in [-0.3, -0.25) is 9.59 Å². The van der Waals surface area contributed by atoms with Gasteiger partial charge in [-0.15, -0.1) is 11.6 Å². The molecular weight excluding hydrogens is 264 g/mol. The molecule has 1 heterocycles. The molecule has 1 aromatic carbocycles. The number of benzene rings is 1. The topological polar surface area (TPSA) is 49.4 Å². The lowest BCUT2D eigenvalue weighted by atomic mass is 10.2. The van der Waals surface area contributed by atoms with E-state index in [0.29, 0.717) is 31.7 Å². The van der Waals surface area contributed by atoms with Gasteiger partial charge in [-0.1, -0.05) is 18.2 Å². The van der Waals surface area contributed by atoms with Crippen molar-refractivity contribution in [2.45, 2.75) is 25.3 Å². The van der Waals surface area contributed by atoms with Gasteiger partial charge in [-0.25, -0.2) is 0 Å². The van der Waals surface area contributed by atoms with Crippen LogP contribution in [0.15, 0.2) is 30.3 Å². The first kappa shape index (κ1) is 13.9. The number of alkyl halides is 1. The molecule has 5 heteroatoms. The number of halogens is 1. The fourth-order valence-electron chi connectivity index (χ4n) is 2.19. The number of para-hydroxylation sites is 1. The Balaban J connectivity index is 1.91. The Morgan fingerprint density at radius 2 is 2.11 bits per heavy atom. The molecule has 1 aromatic rings. The molecule has 1 N–H and O–H groups in total. The summed E-state index contributed by atoms with van der Waals surface area (Å²) in [5, 5.41) is 2.88. The fraction of sp³-hybridized carbons (Fsp3) is 0.429. The fourth-order valence-corrected chi connectivity index (χ4v) is 2.32. The van der Waals surface area contributed by atoms with E-state index < -0.39 is 0 Å². The third kappa shape index (κ3) is 3.70. The van der Waals surface area contributed by atoms with Crippen LogP contribution in [-0.2, 0) is 9.59 Å². The van der Waals surface area contributed by atoms with Crippen LogP contribution in [0.1, 0.15) is 19.3 Å². The SMILES string of the molecule is O=C(CCCCl)N[C@H]1CC(=O)N(c2ccccc2)C1. The van der Waals surface area contributed by atoms with Gasteiger partial charge in [0.2, 0.25) is 11.8 Å². The summed E-state index contributed by atoms with van der Waals surface area (Å²) in [6, 6.07) is 9.40. The van der Waals surface area contributed by atoms with Crippen molar-refractivity contribution < 1.29 is 9.59 Å². The Kier molecular flexibility index (Phi) is 4.80. The van der Waals surface area contributed by atoms with Crippen molar-refractivity contribution in [2.24, 2.45) is 0 Å². The number of carbonyl (C=O) groups excluding carboxylic acids is 2. The molecule has 2 amide bonds. The van der Waals surface area contributed by atoms with Crippen molar-refractivity contribution in [3.8, 4) is 0 Å². The summed E-state index contributed by atoms with van der Waals surface area (Å²) in [6.45, 7) is 0.537. The number of amides is 2. The highest BCUT2D eigenvalue weighted by atomic mass is 35.5. The van der Waals surface area contributed by atoms with Gasteiger partial charge >= 0.3 is 0 Å². The number of nitrogens with one attached hydrogen (secondary N) is 1. The molecule has 4 nitrogen and oxygen atoms in total. The Morgan fingerprint density at radius 1 is 1.37 bits per heavy atom. The first-order valence-corrected chi connectivity index (χ1v) is 6.95. The molecule has 1 atom stereocenters. The van der Waals surface area contributed by atoms with E-state index in [0.717, 1.165) is 5.69 Å². The third-order valence-corrected chi connectivity index (χ3v) is 3.36. The maximum atomic E-state index is 11.9. The molecule has 102 valence electrons. The second-order valence-electron chi connectivity index (χ2n) is 4.60. The minimum atomic E-state index is -0.101. The molecule has 0 unspecified atom stereocenters. The van der Waals surface area contributed by atoms with Gasteiger partial charge in [-0.05, 0) is 18.6 Å². The van der Waals surface area contributed by atoms with Crippen LogP contribution in [0.25, 0.3) is 0 Å². The summed E-state index contributed by atoms with van der Waals surface area (Å²) in [4.78, 5) is 25.3. The highest BCUT2D eigenvalue weighted by Crippen LogP contribution is 2.21. The maximum Gasteiger partial charge on any atom is 0.229 e. The molecule has 0 aliphatic carbocycles. The molecule has 19 heavy (non-hydrogen) atoms. The zero-order valence-electron chi connectivity index (χ0n) is 10.6. The average molecular weight is 281 g/mol. The summed E-state index contributed by atoms with van der Waals surface area (Å²) in [6.07, 6.45) is 1.44. The maximum absolute atomic E-state index is 11.9. The minimum Gasteiger partial charge on any atom is -0.351 e. The first-order chi connectivity index (χ1) is 9.20. The van der Waals surface area contributed by atoms with Crippen LogP contribution in [-0.4, -0.2) is 30.3 Å². The van der Waals surface area contributed by atoms with Crippen molar-refractivity contribution >= 4 is 29.1 Å². The zero-order valence-corrected chi connectivity index (χ0v) is 11.4. The average Bonchev–Trinajstić information content (AvgIpc) is 2.78. The summed E-state index contributed by atoms with van der Waals surface area (Å²) in [5.74, 6) is 0.495. The van der Waals surface area contributed by atoms with Gasteiger partial charge in [-0.2, -0.15) is 0 Å². The normalized spacial score (nSPS) is 18.7. The predicted octanol–water partition coefficient (Wildman–Crippen LogP) is 1.93. The number of anilines is 1. The van der Waals surface area contributed by atoms with E-state index in [-0.39, 0.29) is 17.9 Å². The van der Waals surface area contributed by atoms with Crippen LogP contribution < -0.4 is 10.2 Å². The second-order valence-corrected chi connectivity index (χ2v) is 4.98. The van der Waals surface area contributed by atoms with Crippen molar-refractivity contribution in [2.75, 3.05) is 17.3 Å². The number of rotatable bonds is 5. The monoisotopic (exact) mass is 280 g/mol. The number of hydrogen-bond acceptors (Lipinski definition) is 2. The molecule has 0 aromatic heterocycles. The molecule has 0 saturated carbocycles. The lowest BCUT2D eigenvalue weighted by Crippen LogP contribution is -2.37. The summed E-state index contributed by atoms with van der Waals surface area (Å²) >= 11 is 5.55. The minimum absolute atomic E-state index is 0.0339. The molecule has 0 bridgehead atoms. The molecule has 1 aliphatic heterocycles. The summed E-state index contributed by atoms with van der Waals surface area (Å²) in [5.41, 5.74) is 0.880. The summed E-state index contributed by atoms with van der Waals surface area (Å²) in [7, 11) is 0. The van der Waals surface area contributed by atoms with E-state index >= 15 is 0 Å². The van der Waals surface area contributed by atoms with E-state index in [1.54, 1.807) is 4.90 Å². The van der Waals surface area contributed by atoms with E-state index in [1.807, 2.05) is 30.3 Å². The van der Waals surface area contributed by atoms with Crippen molar-refractivity contribution in [1.29, 1.82) is 0 Å². The van der Waals surface area contributed by atoms with Crippen LogP contribution in [0, 0.1) is 0 Å². The molecule has 1 saturated heterocycles. The lowest BCUT2D eigenvalue weighted by Gasteiger charge is -2.17. The van der Waals surface area contributed by atoms with Crippen molar-refractivity contribution in [1.82, 2.24) is 5.32 Å². The molecule has 1 aliphatic rings. The van der Waals surface area contributed by atoms with Crippen LogP contribution in [0.5, 0.6) is 0 Å². The Morgan fingerprint density at radius 3 is 2.79 bits per heavy atom. The molecule has 1 fully saturated rings. The van der Waals surface area contributed by atoms with Gasteiger partial charge in [0.1, 0.15) is 0 Å². The van der Waals surface area contributed by atoms with E-state index in [2.05, 4.69) is 5.32 Å². The van der Waals surface area contributed by atoms with E-state index in [1.165, 1.54) is 0 Å². The zero-order chi connectivity index (χ0) is 13.7. The molecule has 2 rings (SSSR count). The highest BCUT2D eigenvalue weighted by Gasteiger charge is 2.31. The van der Waals surface area contributed by atoms with Gasteiger partial charge in [0.15, 0.2) is 0 Å². The van der Waals surface area contributed by atoms with Crippen LogP contribution >= 0.6 is 11.6 Å².